The summed E-state index contributed by atoms with van der Waals surface area (Å²) in [6, 6.07) is 3.09. The second-order valence-electron chi connectivity index (χ2n) is 6.40. The van der Waals surface area contributed by atoms with Gasteiger partial charge in [-0.05, 0) is 32.6 Å². The second-order valence-corrected chi connectivity index (χ2v) is 7.13. The molecule has 3 heterocycles. The number of anilines is 2. The number of rotatable bonds is 5. The molecule has 2 fully saturated rings. The van der Waals surface area contributed by atoms with Gasteiger partial charge in [-0.2, -0.15) is 4.37 Å². The zero-order valence-corrected chi connectivity index (χ0v) is 14.9. The highest BCUT2D eigenvalue weighted by Crippen LogP contribution is 2.36. The van der Waals surface area contributed by atoms with E-state index in [9.17, 15) is 0 Å². The van der Waals surface area contributed by atoms with Crippen molar-refractivity contribution in [1.29, 1.82) is 0 Å². The standard InChI is InChI=1S/C16H22N6OS/c1-11-19-16(24-20-11)21-7-5-13(6-8-21)22(12-3-4-12)14-9-15(23-2)18-10-17-14/h9-10,12-13H,3-8H2,1-2H3. The summed E-state index contributed by atoms with van der Waals surface area (Å²) in [5, 5.41) is 1.05. The van der Waals surface area contributed by atoms with Crippen LogP contribution in [0.2, 0.25) is 0 Å². The third-order valence-electron chi connectivity index (χ3n) is 4.69. The highest BCUT2D eigenvalue weighted by atomic mass is 32.1. The molecule has 2 aromatic rings. The van der Waals surface area contributed by atoms with Crippen LogP contribution < -0.4 is 14.5 Å². The fraction of sp³-hybridized carbons (Fsp3) is 0.625. The van der Waals surface area contributed by atoms with Crippen molar-refractivity contribution in [2.45, 2.75) is 44.7 Å². The normalized spacial score (nSPS) is 18.7. The van der Waals surface area contributed by atoms with Gasteiger partial charge in [0.25, 0.3) is 0 Å². The van der Waals surface area contributed by atoms with Crippen molar-refractivity contribution in [3.63, 3.8) is 0 Å². The van der Waals surface area contributed by atoms with Crippen molar-refractivity contribution in [3.05, 3.63) is 18.2 Å². The van der Waals surface area contributed by atoms with Gasteiger partial charge in [-0.3, -0.25) is 0 Å². The first-order valence-corrected chi connectivity index (χ1v) is 9.21. The maximum Gasteiger partial charge on any atom is 0.218 e. The van der Waals surface area contributed by atoms with Crippen LogP contribution in [0.5, 0.6) is 5.88 Å². The van der Waals surface area contributed by atoms with E-state index in [1.807, 2.05) is 13.0 Å². The Labute approximate surface area is 145 Å². The summed E-state index contributed by atoms with van der Waals surface area (Å²) in [5.74, 6) is 2.49. The number of nitrogens with zero attached hydrogens (tertiary/aromatic N) is 6. The molecule has 1 saturated heterocycles. The maximum absolute atomic E-state index is 5.27. The number of piperidine rings is 1. The first-order chi connectivity index (χ1) is 11.7. The van der Waals surface area contributed by atoms with Crippen LogP contribution in [0.4, 0.5) is 10.9 Å². The van der Waals surface area contributed by atoms with Gasteiger partial charge < -0.3 is 14.5 Å². The quantitative estimate of drug-likeness (QED) is 0.823. The lowest BCUT2D eigenvalue weighted by molar-refractivity contribution is 0.395. The molecular weight excluding hydrogens is 324 g/mol. The van der Waals surface area contributed by atoms with E-state index in [-0.39, 0.29) is 0 Å². The van der Waals surface area contributed by atoms with Gasteiger partial charge in [-0.15, -0.1) is 0 Å². The van der Waals surface area contributed by atoms with Gasteiger partial charge in [-0.25, -0.2) is 15.0 Å². The Kier molecular flexibility index (Phi) is 4.22. The molecule has 0 N–H and O–H groups in total. The van der Waals surface area contributed by atoms with E-state index in [0.717, 1.165) is 42.7 Å². The third kappa shape index (κ3) is 3.15. The molecule has 24 heavy (non-hydrogen) atoms. The van der Waals surface area contributed by atoms with Crippen LogP contribution in [0, 0.1) is 6.92 Å². The Bertz CT molecular complexity index is 695. The van der Waals surface area contributed by atoms with Crippen LogP contribution >= 0.6 is 11.5 Å². The molecule has 0 bridgehead atoms. The Hall–Kier alpha value is -1.96. The Morgan fingerprint density at radius 1 is 1.17 bits per heavy atom. The summed E-state index contributed by atoms with van der Waals surface area (Å²) in [5.41, 5.74) is 0. The molecule has 0 unspecified atom stereocenters. The summed E-state index contributed by atoms with van der Waals surface area (Å²) < 4.78 is 9.57. The zero-order chi connectivity index (χ0) is 16.5. The summed E-state index contributed by atoms with van der Waals surface area (Å²) in [6.07, 6.45) is 6.33. The molecular formula is C16H22N6OS. The van der Waals surface area contributed by atoms with E-state index in [2.05, 4.69) is 29.1 Å². The molecule has 1 aliphatic heterocycles. The van der Waals surface area contributed by atoms with Gasteiger partial charge in [0.15, 0.2) is 0 Å². The maximum atomic E-state index is 5.27. The lowest BCUT2D eigenvalue weighted by Gasteiger charge is -2.39. The molecule has 7 nitrogen and oxygen atoms in total. The molecule has 0 aromatic carbocycles. The van der Waals surface area contributed by atoms with Crippen molar-refractivity contribution in [2.75, 3.05) is 30.0 Å². The molecule has 0 spiro atoms. The van der Waals surface area contributed by atoms with E-state index in [1.54, 1.807) is 13.4 Å². The van der Waals surface area contributed by atoms with E-state index in [4.69, 9.17) is 4.74 Å². The van der Waals surface area contributed by atoms with Crippen LogP contribution in [0.15, 0.2) is 12.4 Å². The van der Waals surface area contributed by atoms with Crippen LogP contribution in [-0.4, -0.2) is 51.6 Å². The first-order valence-electron chi connectivity index (χ1n) is 8.44. The van der Waals surface area contributed by atoms with Gasteiger partial charge in [0.1, 0.15) is 18.0 Å². The van der Waals surface area contributed by atoms with E-state index in [0.29, 0.717) is 18.0 Å². The van der Waals surface area contributed by atoms with Crippen molar-refractivity contribution < 1.29 is 4.74 Å². The number of aryl methyl sites for hydroxylation is 1. The lowest BCUT2D eigenvalue weighted by atomic mass is 10.0. The fourth-order valence-electron chi connectivity index (χ4n) is 3.36. The monoisotopic (exact) mass is 346 g/mol. The number of ether oxygens (including phenoxy) is 1. The SMILES string of the molecule is COc1cc(N(C2CC2)C2CCN(c3nc(C)ns3)CC2)ncn1. The lowest BCUT2D eigenvalue weighted by Crippen LogP contribution is -2.46. The average molecular weight is 346 g/mol. The predicted molar refractivity (Wildman–Crippen MR) is 94.0 cm³/mol. The molecule has 0 amide bonds. The minimum absolute atomic E-state index is 0.516. The Morgan fingerprint density at radius 2 is 1.92 bits per heavy atom. The third-order valence-corrected chi connectivity index (χ3v) is 5.56. The summed E-state index contributed by atoms with van der Waals surface area (Å²) >= 11 is 1.50. The van der Waals surface area contributed by atoms with E-state index < -0.39 is 0 Å². The van der Waals surface area contributed by atoms with Gasteiger partial charge in [0, 0.05) is 42.8 Å². The minimum Gasteiger partial charge on any atom is -0.481 e. The molecule has 0 atom stereocenters. The summed E-state index contributed by atoms with van der Waals surface area (Å²) in [6.45, 7) is 3.99. The number of hydrogen-bond donors (Lipinski definition) is 0. The topological polar surface area (TPSA) is 67.3 Å². The molecule has 4 rings (SSSR count). The minimum atomic E-state index is 0.516. The molecule has 8 heteroatoms. The summed E-state index contributed by atoms with van der Waals surface area (Å²) in [4.78, 5) is 18.0. The molecule has 1 aliphatic carbocycles. The van der Waals surface area contributed by atoms with Crippen molar-refractivity contribution in [3.8, 4) is 5.88 Å². The van der Waals surface area contributed by atoms with E-state index >= 15 is 0 Å². The van der Waals surface area contributed by atoms with Crippen molar-refractivity contribution in [1.82, 2.24) is 19.3 Å². The smallest absolute Gasteiger partial charge is 0.218 e. The number of methoxy groups -OCH3 is 1. The highest BCUT2D eigenvalue weighted by Gasteiger charge is 2.37. The number of hydrogen-bond acceptors (Lipinski definition) is 8. The van der Waals surface area contributed by atoms with Gasteiger partial charge in [0.2, 0.25) is 11.0 Å². The average Bonchev–Trinajstić information content (AvgIpc) is 3.36. The Balaban J connectivity index is 1.47. The van der Waals surface area contributed by atoms with Crippen LogP contribution in [0.3, 0.4) is 0 Å². The summed E-state index contributed by atoms with van der Waals surface area (Å²) in [7, 11) is 1.65. The molecule has 1 saturated carbocycles. The zero-order valence-electron chi connectivity index (χ0n) is 14.1. The van der Waals surface area contributed by atoms with Gasteiger partial charge in [0.05, 0.1) is 7.11 Å². The van der Waals surface area contributed by atoms with Crippen LogP contribution in [0.25, 0.3) is 0 Å². The highest BCUT2D eigenvalue weighted by molar-refractivity contribution is 7.09. The van der Waals surface area contributed by atoms with E-state index in [1.165, 1.54) is 24.4 Å². The van der Waals surface area contributed by atoms with Crippen molar-refractivity contribution >= 4 is 22.5 Å². The molecule has 2 aromatic heterocycles. The number of aromatic nitrogens is 4. The second kappa shape index (κ2) is 6.51. The van der Waals surface area contributed by atoms with Gasteiger partial charge in [-0.1, -0.05) is 0 Å². The largest absolute Gasteiger partial charge is 0.481 e. The van der Waals surface area contributed by atoms with Crippen LogP contribution in [0.1, 0.15) is 31.5 Å². The molecule has 0 radical (unpaired) electrons. The molecule has 2 aliphatic rings. The Morgan fingerprint density at radius 3 is 2.54 bits per heavy atom. The first kappa shape index (κ1) is 15.6. The fourth-order valence-corrected chi connectivity index (χ4v) is 4.08. The molecule has 128 valence electrons. The predicted octanol–water partition coefficient (Wildman–Crippen LogP) is 2.28. The van der Waals surface area contributed by atoms with Crippen LogP contribution in [-0.2, 0) is 0 Å². The van der Waals surface area contributed by atoms with Gasteiger partial charge >= 0.3 is 0 Å². The van der Waals surface area contributed by atoms with Crippen molar-refractivity contribution in [2.24, 2.45) is 0 Å².